The first-order valence-corrected chi connectivity index (χ1v) is 3.73. The van der Waals surface area contributed by atoms with Crippen LogP contribution < -0.4 is 0 Å². The van der Waals surface area contributed by atoms with Crippen LogP contribution in [0.25, 0.3) is 0 Å². The second kappa shape index (κ2) is 4.30. The Hall–Kier alpha value is -1.78. The Kier molecular flexibility index (Phi) is 3.08. The highest BCUT2D eigenvalue weighted by molar-refractivity contribution is 5.18. The minimum absolute atomic E-state index is 0.451. The summed E-state index contributed by atoms with van der Waals surface area (Å²) in [6.07, 6.45) is 0. The average molecular weight is 180 g/mol. The molecule has 1 aromatic rings. The van der Waals surface area contributed by atoms with Crippen molar-refractivity contribution in [2.45, 2.75) is 6.04 Å². The highest BCUT2D eigenvalue weighted by atomic mass is 16.6. The number of nitro groups is 1. The zero-order valence-corrected chi connectivity index (χ0v) is 6.79. The first kappa shape index (κ1) is 9.31. The van der Waals surface area contributed by atoms with Gasteiger partial charge in [-0.2, -0.15) is 0 Å². The molecule has 0 saturated heterocycles. The molecule has 0 bridgehead atoms. The SMILES string of the molecule is O=N[C@H](C[N+](=O)[O-])c1ccccc1. The van der Waals surface area contributed by atoms with E-state index < -0.39 is 17.5 Å². The first-order chi connectivity index (χ1) is 6.24. The zero-order chi connectivity index (χ0) is 9.68. The van der Waals surface area contributed by atoms with Crippen LogP contribution in [0.4, 0.5) is 0 Å². The van der Waals surface area contributed by atoms with Crippen molar-refractivity contribution in [1.82, 2.24) is 0 Å². The third kappa shape index (κ3) is 2.62. The molecule has 0 aliphatic rings. The number of benzene rings is 1. The van der Waals surface area contributed by atoms with Crippen LogP contribution in [0.1, 0.15) is 11.6 Å². The van der Waals surface area contributed by atoms with Gasteiger partial charge < -0.3 is 0 Å². The summed E-state index contributed by atoms with van der Waals surface area (Å²) in [5.41, 5.74) is 0.578. The lowest BCUT2D eigenvalue weighted by molar-refractivity contribution is -0.483. The van der Waals surface area contributed by atoms with E-state index in [2.05, 4.69) is 5.18 Å². The van der Waals surface area contributed by atoms with E-state index in [4.69, 9.17) is 0 Å². The average Bonchev–Trinajstić information content (AvgIpc) is 2.15. The molecule has 0 N–H and O–H groups in total. The van der Waals surface area contributed by atoms with Gasteiger partial charge in [-0.15, -0.1) is 4.91 Å². The summed E-state index contributed by atoms with van der Waals surface area (Å²) in [4.78, 5) is 19.9. The van der Waals surface area contributed by atoms with Crippen molar-refractivity contribution >= 4 is 0 Å². The lowest BCUT2D eigenvalue weighted by Gasteiger charge is -2.02. The van der Waals surface area contributed by atoms with E-state index in [1.807, 2.05) is 0 Å². The molecule has 1 atom stereocenters. The molecular formula is C8H8N2O3. The lowest BCUT2D eigenvalue weighted by atomic mass is 10.1. The predicted octanol–water partition coefficient (Wildman–Crippen LogP) is 1.77. The second-order valence-electron chi connectivity index (χ2n) is 2.55. The Morgan fingerprint density at radius 3 is 2.46 bits per heavy atom. The minimum Gasteiger partial charge on any atom is -0.264 e. The summed E-state index contributed by atoms with van der Waals surface area (Å²) in [7, 11) is 0. The van der Waals surface area contributed by atoms with Gasteiger partial charge >= 0.3 is 0 Å². The van der Waals surface area contributed by atoms with Gasteiger partial charge in [-0.3, -0.25) is 10.1 Å². The number of rotatable bonds is 4. The van der Waals surface area contributed by atoms with Crippen molar-refractivity contribution in [3.05, 3.63) is 50.9 Å². The maximum absolute atomic E-state index is 10.3. The molecule has 1 rings (SSSR count). The summed E-state index contributed by atoms with van der Waals surface area (Å²) >= 11 is 0. The van der Waals surface area contributed by atoms with Gasteiger partial charge in [0.25, 0.3) is 0 Å². The number of nitroso groups, excluding NO2 is 1. The molecule has 5 heteroatoms. The monoisotopic (exact) mass is 180 g/mol. The van der Waals surface area contributed by atoms with Gasteiger partial charge in [0.05, 0.1) is 0 Å². The first-order valence-electron chi connectivity index (χ1n) is 3.73. The maximum Gasteiger partial charge on any atom is 0.233 e. The van der Waals surface area contributed by atoms with Gasteiger partial charge in [-0.1, -0.05) is 35.5 Å². The molecule has 0 saturated carbocycles. The van der Waals surface area contributed by atoms with E-state index in [0.29, 0.717) is 5.56 Å². The highest BCUT2D eigenvalue weighted by Gasteiger charge is 2.17. The van der Waals surface area contributed by atoms with Gasteiger partial charge in [0.1, 0.15) is 0 Å². The van der Waals surface area contributed by atoms with Gasteiger partial charge in [0, 0.05) is 4.92 Å². The summed E-state index contributed by atoms with van der Waals surface area (Å²) in [6, 6.07) is 7.63. The molecule has 0 aromatic heterocycles. The van der Waals surface area contributed by atoms with E-state index >= 15 is 0 Å². The largest absolute Gasteiger partial charge is 0.264 e. The van der Waals surface area contributed by atoms with E-state index in [0.717, 1.165) is 0 Å². The van der Waals surface area contributed by atoms with Crippen molar-refractivity contribution in [2.24, 2.45) is 5.18 Å². The van der Waals surface area contributed by atoms with Crippen LogP contribution in [0.15, 0.2) is 35.5 Å². The van der Waals surface area contributed by atoms with E-state index in [9.17, 15) is 15.0 Å². The molecule has 5 nitrogen and oxygen atoms in total. The molecule has 13 heavy (non-hydrogen) atoms. The van der Waals surface area contributed by atoms with E-state index in [1.165, 1.54) is 0 Å². The third-order valence-electron chi connectivity index (χ3n) is 1.63. The van der Waals surface area contributed by atoms with Crippen molar-refractivity contribution in [1.29, 1.82) is 0 Å². The van der Waals surface area contributed by atoms with Crippen LogP contribution in [0.3, 0.4) is 0 Å². The molecule has 68 valence electrons. The number of hydrogen-bond donors (Lipinski definition) is 0. The molecule has 0 aliphatic carbocycles. The van der Waals surface area contributed by atoms with Gasteiger partial charge in [-0.25, -0.2) is 0 Å². The molecule has 0 heterocycles. The molecular weight excluding hydrogens is 172 g/mol. The Balaban J connectivity index is 2.78. The summed E-state index contributed by atoms with van der Waals surface area (Å²) in [6.45, 7) is -0.451. The number of nitrogens with zero attached hydrogens (tertiary/aromatic N) is 2. The third-order valence-corrected chi connectivity index (χ3v) is 1.63. The quantitative estimate of drug-likeness (QED) is 0.402. The van der Waals surface area contributed by atoms with Crippen LogP contribution in [0.2, 0.25) is 0 Å². The summed E-state index contributed by atoms with van der Waals surface area (Å²) < 4.78 is 0. The van der Waals surface area contributed by atoms with Crippen LogP contribution >= 0.6 is 0 Å². The lowest BCUT2D eigenvalue weighted by Crippen LogP contribution is -2.09. The van der Waals surface area contributed by atoms with Crippen LogP contribution in [0, 0.1) is 15.0 Å². The highest BCUT2D eigenvalue weighted by Crippen LogP contribution is 2.16. The van der Waals surface area contributed by atoms with Crippen molar-refractivity contribution in [2.75, 3.05) is 6.54 Å². The Labute approximate surface area is 74.5 Å². The summed E-state index contributed by atoms with van der Waals surface area (Å²) in [5.74, 6) is 0. The van der Waals surface area contributed by atoms with Crippen molar-refractivity contribution < 1.29 is 4.92 Å². The molecule has 0 spiro atoms. The van der Waals surface area contributed by atoms with Gasteiger partial charge in [0.2, 0.25) is 6.54 Å². The fourth-order valence-electron chi connectivity index (χ4n) is 1.02. The topological polar surface area (TPSA) is 72.6 Å². The normalized spacial score (nSPS) is 12.0. The molecule has 0 amide bonds. The number of hydrogen-bond acceptors (Lipinski definition) is 4. The van der Waals surface area contributed by atoms with Crippen molar-refractivity contribution in [3.8, 4) is 0 Å². The molecule has 1 aromatic carbocycles. The maximum atomic E-state index is 10.3. The van der Waals surface area contributed by atoms with Gasteiger partial charge in [0.15, 0.2) is 6.04 Å². The fourth-order valence-corrected chi connectivity index (χ4v) is 1.02. The molecule has 0 fully saturated rings. The predicted molar refractivity (Wildman–Crippen MR) is 46.8 cm³/mol. The fraction of sp³-hybridized carbons (Fsp3) is 0.250. The smallest absolute Gasteiger partial charge is 0.233 e. The van der Waals surface area contributed by atoms with E-state index in [1.54, 1.807) is 30.3 Å². The summed E-state index contributed by atoms with van der Waals surface area (Å²) in [5, 5.41) is 12.9. The zero-order valence-electron chi connectivity index (χ0n) is 6.79. The van der Waals surface area contributed by atoms with Crippen LogP contribution in [0.5, 0.6) is 0 Å². The van der Waals surface area contributed by atoms with Crippen LogP contribution in [-0.2, 0) is 0 Å². The van der Waals surface area contributed by atoms with Gasteiger partial charge in [-0.05, 0) is 5.56 Å². The Morgan fingerprint density at radius 2 is 2.00 bits per heavy atom. The molecule has 0 unspecified atom stereocenters. The molecule has 0 aliphatic heterocycles. The second-order valence-corrected chi connectivity index (χ2v) is 2.55. The molecule has 0 radical (unpaired) electrons. The van der Waals surface area contributed by atoms with E-state index in [-0.39, 0.29) is 0 Å². The Morgan fingerprint density at radius 1 is 1.38 bits per heavy atom. The Bertz CT molecular complexity index is 300. The minimum atomic E-state index is -0.879. The standard InChI is InChI=1S/C8H8N2O3/c11-9-8(6-10(12)13)7-4-2-1-3-5-7/h1-5,8H,6H2/t8-/m1/s1. The van der Waals surface area contributed by atoms with Crippen molar-refractivity contribution in [3.63, 3.8) is 0 Å². The van der Waals surface area contributed by atoms with Crippen LogP contribution in [-0.4, -0.2) is 11.5 Å².